The van der Waals surface area contributed by atoms with E-state index in [2.05, 4.69) is 19.9 Å². The molecule has 0 aliphatic carbocycles. The lowest BCUT2D eigenvalue weighted by atomic mass is 10.2. The minimum absolute atomic E-state index is 0.306. The molecule has 0 saturated carbocycles. The molecule has 0 aliphatic heterocycles. The van der Waals surface area contributed by atoms with Gasteiger partial charge in [-0.3, -0.25) is 4.98 Å². The Bertz CT molecular complexity index is 512. The van der Waals surface area contributed by atoms with E-state index in [1.807, 2.05) is 38.4 Å². The van der Waals surface area contributed by atoms with Gasteiger partial charge in [-0.2, -0.15) is 4.98 Å². The largest absolute Gasteiger partial charge is 0.368 e. The van der Waals surface area contributed by atoms with Crippen LogP contribution in [0.15, 0.2) is 30.6 Å². The Morgan fingerprint density at radius 3 is 2.83 bits per heavy atom. The Labute approximate surface area is 107 Å². The summed E-state index contributed by atoms with van der Waals surface area (Å²) in [5.41, 5.74) is 7.71. The monoisotopic (exact) mass is 243 g/mol. The molecular formula is C13H17N5. The number of aryl methyl sites for hydroxylation is 1. The van der Waals surface area contributed by atoms with Crippen LogP contribution in [-0.4, -0.2) is 28.5 Å². The number of hydrogen-bond acceptors (Lipinski definition) is 5. The zero-order valence-electron chi connectivity index (χ0n) is 10.7. The van der Waals surface area contributed by atoms with Crippen molar-refractivity contribution in [2.75, 3.05) is 24.2 Å². The second-order valence-electron chi connectivity index (χ2n) is 4.23. The van der Waals surface area contributed by atoms with Crippen molar-refractivity contribution in [3.05, 3.63) is 41.9 Å². The first-order valence-electron chi connectivity index (χ1n) is 5.87. The van der Waals surface area contributed by atoms with Crippen molar-refractivity contribution in [1.82, 2.24) is 15.0 Å². The van der Waals surface area contributed by atoms with E-state index in [1.54, 1.807) is 6.20 Å². The SMILES string of the molecule is Cc1cnc(N)nc1N(C)CCc1ccccn1. The van der Waals surface area contributed by atoms with Crippen LogP contribution in [0, 0.1) is 6.92 Å². The fourth-order valence-electron chi connectivity index (χ4n) is 1.77. The summed E-state index contributed by atoms with van der Waals surface area (Å²) in [6.07, 6.45) is 4.43. The van der Waals surface area contributed by atoms with Crippen molar-refractivity contribution in [2.24, 2.45) is 0 Å². The van der Waals surface area contributed by atoms with Crippen molar-refractivity contribution >= 4 is 11.8 Å². The quantitative estimate of drug-likeness (QED) is 0.880. The van der Waals surface area contributed by atoms with Gasteiger partial charge in [0.05, 0.1) is 0 Å². The molecule has 5 heteroatoms. The van der Waals surface area contributed by atoms with Crippen LogP contribution in [-0.2, 0) is 6.42 Å². The Morgan fingerprint density at radius 2 is 2.11 bits per heavy atom. The molecular weight excluding hydrogens is 226 g/mol. The molecule has 0 aromatic carbocycles. The highest BCUT2D eigenvalue weighted by Crippen LogP contribution is 2.15. The molecule has 2 aromatic heterocycles. The fourth-order valence-corrected chi connectivity index (χ4v) is 1.77. The third kappa shape index (κ3) is 2.94. The van der Waals surface area contributed by atoms with Gasteiger partial charge in [-0.05, 0) is 19.1 Å². The summed E-state index contributed by atoms with van der Waals surface area (Å²) in [5.74, 6) is 1.18. The van der Waals surface area contributed by atoms with Gasteiger partial charge in [-0.15, -0.1) is 0 Å². The van der Waals surface area contributed by atoms with Crippen molar-refractivity contribution in [1.29, 1.82) is 0 Å². The van der Waals surface area contributed by atoms with Gasteiger partial charge in [0.1, 0.15) is 5.82 Å². The average molecular weight is 243 g/mol. The minimum atomic E-state index is 0.306. The van der Waals surface area contributed by atoms with Gasteiger partial charge < -0.3 is 10.6 Å². The highest BCUT2D eigenvalue weighted by atomic mass is 15.2. The molecule has 0 amide bonds. The van der Waals surface area contributed by atoms with Crippen LogP contribution in [0.5, 0.6) is 0 Å². The molecule has 0 spiro atoms. The number of hydrogen-bond donors (Lipinski definition) is 1. The zero-order chi connectivity index (χ0) is 13.0. The van der Waals surface area contributed by atoms with Crippen molar-refractivity contribution in [3.63, 3.8) is 0 Å². The average Bonchev–Trinajstić information content (AvgIpc) is 2.40. The normalized spacial score (nSPS) is 10.3. The standard InChI is InChI=1S/C13H17N5/c1-10-9-16-13(14)17-12(10)18(2)8-6-11-5-3-4-7-15-11/h3-5,7,9H,6,8H2,1-2H3,(H2,14,16,17). The maximum Gasteiger partial charge on any atom is 0.221 e. The Kier molecular flexibility index (Phi) is 3.72. The Hall–Kier alpha value is -2.17. The van der Waals surface area contributed by atoms with Crippen LogP contribution in [0.1, 0.15) is 11.3 Å². The van der Waals surface area contributed by atoms with E-state index in [9.17, 15) is 0 Å². The predicted octanol–water partition coefficient (Wildman–Crippen LogP) is 1.44. The summed E-state index contributed by atoms with van der Waals surface area (Å²) in [6.45, 7) is 2.82. The third-order valence-electron chi connectivity index (χ3n) is 2.75. The van der Waals surface area contributed by atoms with Crippen LogP contribution in [0.4, 0.5) is 11.8 Å². The summed E-state index contributed by atoms with van der Waals surface area (Å²) in [7, 11) is 2.00. The minimum Gasteiger partial charge on any atom is -0.368 e. The molecule has 2 aromatic rings. The van der Waals surface area contributed by atoms with Crippen LogP contribution < -0.4 is 10.6 Å². The van der Waals surface area contributed by atoms with Gasteiger partial charge in [0.2, 0.25) is 5.95 Å². The molecule has 2 rings (SSSR count). The second kappa shape index (κ2) is 5.44. The van der Waals surface area contributed by atoms with E-state index in [4.69, 9.17) is 5.73 Å². The molecule has 2 heterocycles. The van der Waals surface area contributed by atoms with Gasteiger partial charge in [0.15, 0.2) is 0 Å². The Balaban J connectivity index is 2.03. The highest BCUT2D eigenvalue weighted by Gasteiger charge is 2.07. The summed E-state index contributed by atoms with van der Waals surface area (Å²) >= 11 is 0. The number of nitrogens with two attached hydrogens (primary N) is 1. The van der Waals surface area contributed by atoms with E-state index in [-0.39, 0.29) is 0 Å². The maximum absolute atomic E-state index is 5.61. The van der Waals surface area contributed by atoms with E-state index in [0.717, 1.165) is 30.0 Å². The predicted molar refractivity (Wildman–Crippen MR) is 72.4 cm³/mol. The smallest absolute Gasteiger partial charge is 0.221 e. The summed E-state index contributed by atoms with van der Waals surface area (Å²) < 4.78 is 0. The molecule has 2 N–H and O–H groups in total. The first kappa shape index (κ1) is 12.3. The van der Waals surface area contributed by atoms with Crippen molar-refractivity contribution in [3.8, 4) is 0 Å². The lowest BCUT2D eigenvalue weighted by Crippen LogP contribution is -2.23. The number of aromatic nitrogens is 3. The third-order valence-corrected chi connectivity index (χ3v) is 2.75. The van der Waals surface area contributed by atoms with Gasteiger partial charge in [0, 0.05) is 43.7 Å². The second-order valence-corrected chi connectivity index (χ2v) is 4.23. The number of pyridine rings is 1. The molecule has 0 radical (unpaired) electrons. The molecule has 0 fully saturated rings. The van der Waals surface area contributed by atoms with Crippen molar-refractivity contribution in [2.45, 2.75) is 13.3 Å². The molecule has 0 atom stereocenters. The Morgan fingerprint density at radius 1 is 1.28 bits per heavy atom. The number of nitrogen functional groups attached to an aromatic ring is 1. The lowest BCUT2D eigenvalue weighted by molar-refractivity contribution is 0.832. The first-order chi connectivity index (χ1) is 8.66. The molecule has 5 nitrogen and oxygen atoms in total. The molecule has 0 aliphatic rings. The van der Waals surface area contributed by atoms with Crippen LogP contribution >= 0.6 is 0 Å². The highest BCUT2D eigenvalue weighted by molar-refractivity contribution is 5.47. The molecule has 0 saturated heterocycles. The lowest BCUT2D eigenvalue weighted by Gasteiger charge is -2.19. The zero-order valence-corrected chi connectivity index (χ0v) is 10.7. The summed E-state index contributed by atoms with van der Waals surface area (Å²) in [5, 5.41) is 0. The number of nitrogens with zero attached hydrogens (tertiary/aromatic N) is 4. The number of rotatable bonds is 4. The molecule has 18 heavy (non-hydrogen) atoms. The van der Waals surface area contributed by atoms with Crippen molar-refractivity contribution < 1.29 is 0 Å². The fraction of sp³-hybridized carbons (Fsp3) is 0.308. The van der Waals surface area contributed by atoms with E-state index < -0.39 is 0 Å². The molecule has 94 valence electrons. The number of likely N-dealkylation sites (N-methyl/N-ethyl adjacent to an activating group) is 1. The summed E-state index contributed by atoms with van der Waals surface area (Å²) in [6, 6.07) is 5.94. The van der Waals surface area contributed by atoms with E-state index in [0.29, 0.717) is 5.95 Å². The van der Waals surface area contributed by atoms with Gasteiger partial charge in [-0.1, -0.05) is 6.07 Å². The van der Waals surface area contributed by atoms with Gasteiger partial charge in [0.25, 0.3) is 0 Å². The van der Waals surface area contributed by atoms with Crippen LogP contribution in [0.25, 0.3) is 0 Å². The topological polar surface area (TPSA) is 67.9 Å². The number of anilines is 2. The molecule has 0 unspecified atom stereocenters. The summed E-state index contributed by atoms with van der Waals surface area (Å²) in [4.78, 5) is 14.6. The van der Waals surface area contributed by atoms with E-state index >= 15 is 0 Å². The van der Waals surface area contributed by atoms with E-state index in [1.165, 1.54) is 0 Å². The maximum atomic E-state index is 5.61. The molecule has 0 bridgehead atoms. The first-order valence-corrected chi connectivity index (χ1v) is 5.87. The van der Waals surface area contributed by atoms with Gasteiger partial charge in [-0.25, -0.2) is 4.98 Å². The van der Waals surface area contributed by atoms with Crippen LogP contribution in [0.2, 0.25) is 0 Å². The van der Waals surface area contributed by atoms with Crippen LogP contribution in [0.3, 0.4) is 0 Å². The van der Waals surface area contributed by atoms with Gasteiger partial charge >= 0.3 is 0 Å².